The summed E-state index contributed by atoms with van der Waals surface area (Å²) in [7, 11) is 0. The van der Waals surface area contributed by atoms with Crippen molar-refractivity contribution in [3.05, 3.63) is 36.0 Å². The minimum absolute atomic E-state index is 0.338. The van der Waals surface area contributed by atoms with Crippen LogP contribution in [0.1, 0.15) is 24.8 Å². The zero-order valence-electron chi connectivity index (χ0n) is 12.4. The number of hydrogen-bond acceptors (Lipinski definition) is 3. The summed E-state index contributed by atoms with van der Waals surface area (Å²) in [6.45, 7) is 4.35. The molecular formula is C17H24N2O2. The molecule has 2 aromatic rings. The van der Waals surface area contributed by atoms with Crippen LogP contribution in [0, 0.1) is 0 Å². The number of hydrogen-bond donors (Lipinski definition) is 2. The molecule has 4 nitrogen and oxygen atoms in total. The van der Waals surface area contributed by atoms with Gasteiger partial charge < -0.3 is 19.8 Å². The summed E-state index contributed by atoms with van der Waals surface area (Å²) in [6.07, 6.45) is 5.69. The van der Waals surface area contributed by atoms with Gasteiger partial charge in [0.25, 0.3) is 0 Å². The Balaban J connectivity index is 1.27. The van der Waals surface area contributed by atoms with Gasteiger partial charge in [-0.05, 0) is 48.9 Å². The predicted octanol–water partition coefficient (Wildman–Crippen LogP) is 2.84. The van der Waals surface area contributed by atoms with Crippen LogP contribution in [0.15, 0.2) is 30.5 Å². The Kier molecular flexibility index (Phi) is 5.27. The van der Waals surface area contributed by atoms with E-state index in [-0.39, 0.29) is 0 Å². The van der Waals surface area contributed by atoms with Crippen LogP contribution in [0.25, 0.3) is 10.9 Å². The van der Waals surface area contributed by atoms with Gasteiger partial charge in [0.15, 0.2) is 0 Å². The van der Waals surface area contributed by atoms with Crippen molar-refractivity contribution in [1.82, 2.24) is 10.3 Å². The molecule has 2 heterocycles. The Morgan fingerprint density at radius 2 is 2.33 bits per heavy atom. The maximum atomic E-state index is 5.65. The fraction of sp³-hybridized carbons (Fsp3) is 0.529. The monoisotopic (exact) mass is 288 g/mol. The molecule has 2 N–H and O–H groups in total. The van der Waals surface area contributed by atoms with Crippen molar-refractivity contribution in [2.45, 2.75) is 31.9 Å². The molecule has 1 aromatic heterocycles. The molecule has 0 spiro atoms. The van der Waals surface area contributed by atoms with Gasteiger partial charge in [-0.15, -0.1) is 0 Å². The van der Waals surface area contributed by atoms with Crippen molar-refractivity contribution in [3.8, 4) is 0 Å². The molecule has 1 aliphatic heterocycles. The summed E-state index contributed by atoms with van der Waals surface area (Å²) in [5.41, 5.74) is 2.51. The van der Waals surface area contributed by atoms with E-state index in [1.54, 1.807) is 0 Å². The van der Waals surface area contributed by atoms with Crippen molar-refractivity contribution in [1.29, 1.82) is 0 Å². The van der Waals surface area contributed by atoms with E-state index in [4.69, 9.17) is 9.47 Å². The minimum Gasteiger partial charge on any atom is -0.379 e. The van der Waals surface area contributed by atoms with E-state index >= 15 is 0 Å². The molecule has 0 saturated carbocycles. The lowest BCUT2D eigenvalue weighted by Crippen LogP contribution is -2.18. The van der Waals surface area contributed by atoms with E-state index in [0.29, 0.717) is 6.10 Å². The van der Waals surface area contributed by atoms with Gasteiger partial charge in [0.05, 0.1) is 12.7 Å². The Morgan fingerprint density at radius 3 is 3.24 bits per heavy atom. The zero-order valence-corrected chi connectivity index (χ0v) is 12.4. The van der Waals surface area contributed by atoms with Crippen LogP contribution in [0.2, 0.25) is 0 Å². The van der Waals surface area contributed by atoms with Gasteiger partial charge in [-0.1, -0.05) is 12.1 Å². The largest absolute Gasteiger partial charge is 0.379 e. The Hall–Kier alpha value is -1.36. The van der Waals surface area contributed by atoms with Crippen LogP contribution in [0.3, 0.4) is 0 Å². The molecule has 1 unspecified atom stereocenters. The van der Waals surface area contributed by atoms with Crippen LogP contribution < -0.4 is 5.32 Å². The van der Waals surface area contributed by atoms with Crippen LogP contribution in [0.5, 0.6) is 0 Å². The molecule has 3 rings (SSSR count). The lowest BCUT2D eigenvalue weighted by Gasteiger charge is -2.10. The van der Waals surface area contributed by atoms with Gasteiger partial charge in [0.1, 0.15) is 0 Å². The zero-order chi connectivity index (χ0) is 14.3. The van der Waals surface area contributed by atoms with Crippen molar-refractivity contribution in [2.24, 2.45) is 0 Å². The molecular weight excluding hydrogens is 264 g/mol. The molecule has 0 radical (unpaired) electrons. The summed E-state index contributed by atoms with van der Waals surface area (Å²) in [5, 5.41) is 4.73. The molecule has 21 heavy (non-hydrogen) atoms. The van der Waals surface area contributed by atoms with Crippen LogP contribution in [0.4, 0.5) is 0 Å². The maximum absolute atomic E-state index is 5.65. The molecule has 0 aliphatic carbocycles. The van der Waals surface area contributed by atoms with E-state index in [2.05, 4.69) is 34.6 Å². The SMILES string of the molecule is c1cc2ccc(CNCCCOCC3CCCO3)cc2[nH]1. The van der Waals surface area contributed by atoms with E-state index in [1.807, 2.05) is 6.20 Å². The molecule has 0 bridgehead atoms. The van der Waals surface area contributed by atoms with E-state index in [0.717, 1.165) is 45.8 Å². The first kappa shape index (κ1) is 14.6. The number of aromatic nitrogens is 1. The predicted molar refractivity (Wildman–Crippen MR) is 84.4 cm³/mol. The molecule has 1 aliphatic rings. The standard InChI is InChI=1S/C17H24N2O2/c1-3-16(21-10-1)13-20-9-2-7-18-12-14-4-5-15-6-8-19-17(15)11-14/h4-6,8,11,16,18-19H,1-3,7,9-10,12-13H2. The van der Waals surface area contributed by atoms with Gasteiger partial charge in [0, 0.05) is 31.5 Å². The highest BCUT2D eigenvalue weighted by molar-refractivity contribution is 5.79. The van der Waals surface area contributed by atoms with Crippen LogP contribution in [-0.2, 0) is 16.0 Å². The van der Waals surface area contributed by atoms with Crippen LogP contribution >= 0.6 is 0 Å². The highest BCUT2D eigenvalue weighted by Crippen LogP contribution is 2.14. The van der Waals surface area contributed by atoms with Gasteiger partial charge in [-0.2, -0.15) is 0 Å². The van der Waals surface area contributed by atoms with Crippen LogP contribution in [-0.4, -0.2) is 37.5 Å². The maximum Gasteiger partial charge on any atom is 0.0809 e. The Labute approximate surface area is 125 Å². The number of rotatable bonds is 8. The summed E-state index contributed by atoms with van der Waals surface area (Å²) < 4.78 is 11.2. The lowest BCUT2D eigenvalue weighted by atomic mass is 10.1. The first-order chi connectivity index (χ1) is 10.4. The third kappa shape index (κ3) is 4.30. The molecule has 1 saturated heterocycles. The Bertz CT molecular complexity index is 546. The highest BCUT2D eigenvalue weighted by atomic mass is 16.5. The molecule has 1 fully saturated rings. The summed E-state index contributed by atoms with van der Waals surface area (Å²) >= 11 is 0. The normalized spacial score (nSPS) is 18.6. The second kappa shape index (κ2) is 7.59. The first-order valence-corrected chi connectivity index (χ1v) is 7.88. The van der Waals surface area contributed by atoms with E-state index in [9.17, 15) is 0 Å². The summed E-state index contributed by atoms with van der Waals surface area (Å²) in [6, 6.07) is 8.64. The average molecular weight is 288 g/mol. The smallest absolute Gasteiger partial charge is 0.0809 e. The second-order valence-corrected chi connectivity index (χ2v) is 5.64. The van der Waals surface area contributed by atoms with Crippen molar-refractivity contribution in [2.75, 3.05) is 26.4 Å². The van der Waals surface area contributed by atoms with Gasteiger partial charge >= 0.3 is 0 Å². The number of H-pyrrole nitrogens is 1. The van der Waals surface area contributed by atoms with E-state index < -0.39 is 0 Å². The first-order valence-electron chi connectivity index (χ1n) is 7.88. The quantitative estimate of drug-likeness (QED) is 0.734. The highest BCUT2D eigenvalue weighted by Gasteiger charge is 2.14. The average Bonchev–Trinajstić information content (AvgIpc) is 3.17. The van der Waals surface area contributed by atoms with Gasteiger partial charge in [-0.25, -0.2) is 0 Å². The molecule has 0 amide bonds. The molecule has 4 heteroatoms. The lowest BCUT2D eigenvalue weighted by molar-refractivity contribution is 0.0166. The van der Waals surface area contributed by atoms with Gasteiger partial charge in [0.2, 0.25) is 0 Å². The molecule has 1 atom stereocenters. The van der Waals surface area contributed by atoms with Crippen molar-refractivity contribution in [3.63, 3.8) is 0 Å². The van der Waals surface area contributed by atoms with E-state index in [1.165, 1.54) is 22.9 Å². The fourth-order valence-corrected chi connectivity index (χ4v) is 2.73. The number of benzene rings is 1. The summed E-state index contributed by atoms with van der Waals surface area (Å²) in [4.78, 5) is 3.25. The third-order valence-electron chi connectivity index (χ3n) is 3.92. The van der Waals surface area contributed by atoms with Crippen molar-refractivity contribution < 1.29 is 9.47 Å². The molecule has 1 aromatic carbocycles. The second-order valence-electron chi connectivity index (χ2n) is 5.64. The number of fused-ring (bicyclic) bond motifs is 1. The number of ether oxygens (including phenoxy) is 2. The topological polar surface area (TPSA) is 46.3 Å². The van der Waals surface area contributed by atoms with Crippen molar-refractivity contribution >= 4 is 10.9 Å². The Morgan fingerprint density at radius 1 is 1.33 bits per heavy atom. The number of aromatic amines is 1. The fourth-order valence-electron chi connectivity index (χ4n) is 2.73. The third-order valence-corrected chi connectivity index (χ3v) is 3.92. The van der Waals surface area contributed by atoms with Gasteiger partial charge in [-0.3, -0.25) is 0 Å². The summed E-state index contributed by atoms with van der Waals surface area (Å²) in [5.74, 6) is 0. The number of nitrogens with one attached hydrogen (secondary N) is 2. The minimum atomic E-state index is 0.338. The molecule has 114 valence electrons.